The van der Waals surface area contributed by atoms with Crippen LogP contribution < -0.4 is 5.32 Å². The largest absolute Gasteiger partial charge is 0.445 e. The van der Waals surface area contributed by atoms with E-state index >= 15 is 0 Å². The minimum Gasteiger partial charge on any atom is -0.445 e. The molecule has 9 heteroatoms. The van der Waals surface area contributed by atoms with E-state index in [1.165, 1.54) is 0 Å². The molecule has 0 fully saturated rings. The number of nitrogens with one attached hydrogen (secondary N) is 1. The summed E-state index contributed by atoms with van der Waals surface area (Å²) in [7, 11) is -5.63. The Kier molecular flexibility index (Phi) is 13.5. The van der Waals surface area contributed by atoms with Gasteiger partial charge in [-0.2, -0.15) is 0 Å². The van der Waals surface area contributed by atoms with Gasteiger partial charge in [0.15, 0.2) is 8.32 Å². The van der Waals surface area contributed by atoms with Gasteiger partial charge in [-0.1, -0.05) is 65.0 Å². The molecular weight excluding hydrogens is 457 g/mol. The number of hydrogen-bond acceptors (Lipinski definition) is 6. The standard InChI is InChI=1S/C24H44NO6PSi/c1-7-30-32(28,17-16-26)23(31-33(8-2,9-3)10-4)22(18-20(5)6)25-24(27)29-19-21-14-12-11-13-15-21/h11-15,20,22-23,26H,7-10,16-19H2,1-6H3,(H,25,27)/t22-,23+,32?/m0/s1. The van der Waals surface area contributed by atoms with Gasteiger partial charge in [-0.25, -0.2) is 4.79 Å². The highest BCUT2D eigenvalue weighted by molar-refractivity contribution is 7.59. The average molecular weight is 502 g/mol. The summed E-state index contributed by atoms with van der Waals surface area (Å²) in [5, 5.41) is 12.6. The molecule has 1 aromatic carbocycles. The molecule has 1 unspecified atom stereocenters. The van der Waals surface area contributed by atoms with E-state index in [4.69, 9.17) is 13.7 Å². The molecule has 2 N–H and O–H groups in total. The fraction of sp³-hybridized carbons (Fsp3) is 0.708. The van der Waals surface area contributed by atoms with E-state index in [0.29, 0.717) is 6.42 Å². The molecule has 0 aromatic heterocycles. The number of benzene rings is 1. The number of aliphatic hydroxyl groups excluding tert-OH is 1. The molecular formula is C24H44NO6PSi. The third-order valence-electron chi connectivity index (χ3n) is 6.04. The second-order valence-electron chi connectivity index (χ2n) is 8.79. The van der Waals surface area contributed by atoms with Gasteiger partial charge in [-0.15, -0.1) is 0 Å². The molecule has 0 radical (unpaired) electrons. The summed E-state index contributed by atoms with van der Waals surface area (Å²) >= 11 is 0. The second kappa shape index (κ2) is 14.9. The van der Waals surface area contributed by atoms with Crippen molar-refractivity contribution in [1.29, 1.82) is 0 Å². The fourth-order valence-electron chi connectivity index (χ4n) is 3.99. The Balaban J connectivity index is 3.25. The summed E-state index contributed by atoms with van der Waals surface area (Å²) in [5.74, 6) is -0.622. The monoisotopic (exact) mass is 501 g/mol. The van der Waals surface area contributed by atoms with E-state index in [9.17, 15) is 14.5 Å². The van der Waals surface area contributed by atoms with Crippen molar-refractivity contribution in [2.45, 2.75) is 84.6 Å². The summed E-state index contributed by atoms with van der Waals surface area (Å²) in [6.07, 6.45) is -0.0422. The maximum Gasteiger partial charge on any atom is 0.407 e. The first-order valence-corrected chi connectivity index (χ1v) is 16.6. The first-order valence-electron chi connectivity index (χ1n) is 12.2. The Bertz CT molecular complexity index is 711. The van der Waals surface area contributed by atoms with Crippen molar-refractivity contribution in [3.05, 3.63) is 35.9 Å². The predicted octanol–water partition coefficient (Wildman–Crippen LogP) is 5.98. The van der Waals surface area contributed by atoms with Gasteiger partial charge in [0.2, 0.25) is 7.37 Å². The zero-order valence-electron chi connectivity index (χ0n) is 21.2. The van der Waals surface area contributed by atoms with Crippen molar-refractivity contribution in [3.8, 4) is 0 Å². The van der Waals surface area contributed by atoms with Crippen LogP contribution in [0.2, 0.25) is 18.1 Å². The normalized spacial score (nSPS) is 15.6. The Morgan fingerprint density at radius 3 is 2.18 bits per heavy atom. The van der Waals surface area contributed by atoms with Gasteiger partial charge in [0.05, 0.1) is 25.4 Å². The zero-order valence-corrected chi connectivity index (χ0v) is 23.1. The SMILES string of the molecule is CCOP(=O)(CCO)[C@@H](O[Si](CC)(CC)CC)[C@H](CC(C)C)NC(=O)OCc1ccccc1. The van der Waals surface area contributed by atoms with Crippen LogP contribution in [-0.4, -0.2) is 50.8 Å². The fourth-order valence-corrected chi connectivity index (χ4v) is 9.97. The lowest BCUT2D eigenvalue weighted by atomic mass is 10.0. The number of rotatable bonds is 16. The maximum absolute atomic E-state index is 14.0. The van der Waals surface area contributed by atoms with Crippen molar-refractivity contribution in [3.63, 3.8) is 0 Å². The third kappa shape index (κ3) is 9.53. The van der Waals surface area contributed by atoms with E-state index in [0.717, 1.165) is 23.7 Å². The number of amides is 1. The average Bonchev–Trinajstić information content (AvgIpc) is 2.79. The summed E-state index contributed by atoms with van der Waals surface area (Å²) in [6, 6.07) is 11.5. The predicted molar refractivity (Wildman–Crippen MR) is 136 cm³/mol. The minimum atomic E-state index is -3.42. The van der Waals surface area contributed by atoms with Crippen LogP contribution in [0.25, 0.3) is 0 Å². The van der Waals surface area contributed by atoms with Crippen molar-refractivity contribution >= 4 is 21.8 Å². The van der Waals surface area contributed by atoms with Crippen LogP contribution in [0.4, 0.5) is 4.79 Å². The van der Waals surface area contributed by atoms with Crippen LogP contribution in [0.1, 0.15) is 53.5 Å². The highest BCUT2D eigenvalue weighted by atomic mass is 31.2. The topological polar surface area (TPSA) is 94.1 Å². The highest BCUT2D eigenvalue weighted by Crippen LogP contribution is 2.55. The molecule has 190 valence electrons. The molecule has 0 aliphatic carbocycles. The summed E-state index contributed by atoms with van der Waals surface area (Å²) in [4.78, 5) is 12.8. The number of hydrogen-bond donors (Lipinski definition) is 2. The quantitative estimate of drug-likeness (QED) is 0.214. The number of carbonyl (C=O) groups excluding carboxylic acids is 1. The molecule has 0 spiro atoms. The van der Waals surface area contributed by atoms with Crippen molar-refractivity contribution in [2.75, 3.05) is 19.4 Å². The van der Waals surface area contributed by atoms with Gasteiger partial charge in [0.25, 0.3) is 0 Å². The van der Waals surface area contributed by atoms with Crippen molar-refractivity contribution < 1.29 is 28.2 Å². The Morgan fingerprint density at radius 1 is 1.09 bits per heavy atom. The zero-order chi connectivity index (χ0) is 24.9. The molecule has 7 nitrogen and oxygen atoms in total. The molecule has 0 aliphatic rings. The molecule has 0 saturated carbocycles. The molecule has 1 amide bonds. The van der Waals surface area contributed by atoms with Gasteiger partial charge < -0.3 is 24.1 Å². The lowest BCUT2D eigenvalue weighted by Crippen LogP contribution is -2.51. The van der Waals surface area contributed by atoms with Crippen LogP contribution in [0.15, 0.2) is 30.3 Å². The molecule has 1 rings (SSSR count). The van der Waals surface area contributed by atoms with Crippen molar-refractivity contribution in [2.24, 2.45) is 5.92 Å². The number of alkyl carbamates (subject to hydrolysis) is 1. The van der Waals surface area contributed by atoms with Crippen LogP contribution >= 0.6 is 7.37 Å². The summed E-state index contributed by atoms with van der Waals surface area (Å²) in [6.45, 7) is 12.3. The maximum atomic E-state index is 14.0. The smallest absolute Gasteiger partial charge is 0.407 e. The molecule has 0 heterocycles. The molecule has 1 aromatic rings. The Hall–Kier alpha value is -1.18. The van der Waals surface area contributed by atoms with Gasteiger partial charge >= 0.3 is 6.09 Å². The van der Waals surface area contributed by atoms with Gasteiger partial charge in [0, 0.05) is 0 Å². The van der Waals surface area contributed by atoms with E-state index in [-0.39, 0.29) is 31.9 Å². The Labute approximate surface area is 201 Å². The first kappa shape index (κ1) is 29.8. The minimum absolute atomic E-state index is 0.0114. The highest BCUT2D eigenvalue weighted by Gasteiger charge is 2.46. The third-order valence-corrected chi connectivity index (χ3v) is 13.6. The van der Waals surface area contributed by atoms with E-state index < -0.39 is 33.7 Å². The van der Waals surface area contributed by atoms with Gasteiger partial charge in [-0.3, -0.25) is 4.57 Å². The lowest BCUT2D eigenvalue weighted by Gasteiger charge is -2.40. The van der Waals surface area contributed by atoms with E-state index in [2.05, 4.69) is 26.1 Å². The molecule has 33 heavy (non-hydrogen) atoms. The summed E-state index contributed by atoms with van der Waals surface area (Å²) < 4.78 is 32.0. The van der Waals surface area contributed by atoms with Gasteiger partial charge in [0.1, 0.15) is 12.5 Å². The number of carbonyl (C=O) groups is 1. The van der Waals surface area contributed by atoms with E-state index in [1.807, 2.05) is 44.2 Å². The second-order valence-corrected chi connectivity index (χ2v) is 16.2. The van der Waals surface area contributed by atoms with Gasteiger partial charge in [-0.05, 0) is 43.0 Å². The number of ether oxygens (including phenoxy) is 1. The molecule has 0 aliphatic heterocycles. The van der Waals surface area contributed by atoms with Crippen molar-refractivity contribution in [1.82, 2.24) is 5.32 Å². The van der Waals surface area contributed by atoms with E-state index in [1.54, 1.807) is 6.92 Å². The number of aliphatic hydroxyl groups is 1. The molecule has 0 bridgehead atoms. The Morgan fingerprint density at radius 2 is 1.70 bits per heavy atom. The van der Waals surface area contributed by atoms with Crippen LogP contribution in [0.5, 0.6) is 0 Å². The van der Waals surface area contributed by atoms with Crippen LogP contribution in [0.3, 0.4) is 0 Å². The molecule has 0 saturated heterocycles. The van der Waals surface area contributed by atoms with Crippen LogP contribution in [0, 0.1) is 5.92 Å². The summed E-state index contributed by atoms with van der Waals surface area (Å²) in [5.41, 5.74) is 0.885. The van der Waals surface area contributed by atoms with Crippen LogP contribution in [-0.2, 0) is 24.9 Å². The first-order chi connectivity index (χ1) is 15.7. The lowest BCUT2D eigenvalue weighted by molar-refractivity contribution is 0.118. The molecule has 3 atom stereocenters.